The fourth-order valence-corrected chi connectivity index (χ4v) is 4.27. The zero-order chi connectivity index (χ0) is 19.6. The van der Waals surface area contributed by atoms with Gasteiger partial charge in [-0.2, -0.15) is 0 Å². The van der Waals surface area contributed by atoms with Crippen LogP contribution >= 0.6 is 0 Å². The predicted molar refractivity (Wildman–Crippen MR) is 120 cm³/mol. The number of piperidine rings is 1. The van der Waals surface area contributed by atoms with E-state index >= 15 is 0 Å². The minimum atomic E-state index is 0.765. The van der Waals surface area contributed by atoms with Crippen LogP contribution < -0.4 is 5.73 Å². The van der Waals surface area contributed by atoms with Crippen LogP contribution in [0.5, 0.6) is 0 Å². The maximum absolute atomic E-state index is 6.10. The van der Waals surface area contributed by atoms with Gasteiger partial charge in [0.25, 0.3) is 0 Å². The Morgan fingerprint density at radius 3 is 2.21 bits per heavy atom. The third-order valence-corrected chi connectivity index (χ3v) is 5.83. The van der Waals surface area contributed by atoms with E-state index in [1.54, 1.807) is 0 Å². The van der Waals surface area contributed by atoms with Gasteiger partial charge in [-0.05, 0) is 49.2 Å². The molecular weight excluding hydrogens is 356 g/mol. The summed E-state index contributed by atoms with van der Waals surface area (Å²) in [6.45, 7) is 3.21. The number of pyridine rings is 1. The van der Waals surface area contributed by atoms with E-state index in [9.17, 15) is 0 Å². The number of hydrogen-bond donors (Lipinski definition) is 1. The lowest BCUT2D eigenvalue weighted by atomic mass is 10.0. The van der Waals surface area contributed by atoms with Crippen molar-refractivity contribution in [1.82, 2.24) is 14.3 Å². The first-order chi connectivity index (χ1) is 14.3. The molecule has 0 unspecified atom stereocenters. The van der Waals surface area contributed by atoms with Gasteiger partial charge >= 0.3 is 0 Å². The molecule has 0 spiro atoms. The van der Waals surface area contributed by atoms with E-state index in [2.05, 4.69) is 57.8 Å². The van der Waals surface area contributed by atoms with Crippen molar-refractivity contribution in [3.63, 3.8) is 0 Å². The molecule has 0 aliphatic carbocycles. The molecule has 2 aromatic carbocycles. The Balaban J connectivity index is 1.55. The third kappa shape index (κ3) is 3.64. The summed E-state index contributed by atoms with van der Waals surface area (Å²) < 4.78 is 2.17. The van der Waals surface area contributed by atoms with Crippen LogP contribution in [0.15, 0.2) is 72.9 Å². The second-order valence-corrected chi connectivity index (χ2v) is 7.88. The van der Waals surface area contributed by atoms with Gasteiger partial charge in [-0.3, -0.25) is 4.90 Å². The third-order valence-electron chi connectivity index (χ3n) is 5.83. The van der Waals surface area contributed by atoms with Gasteiger partial charge in [0.2, 0.25) is 0 Å². The largest absolute Gasteiger partial charge is 0.398 e. The van der Waals surface area contributed by atoms with Crippen molar-refractivity contribution in [2.45, 2.75) is 25.8 Å². The van der Waals surface area contributed by atoms with Crippen molar-refractivity contribution in [3.05, 3.63) is 78.6 Å². The molecule has 0 bridgehead atoms. The molecule has 0 atom stereocenters. The van der Waals surface area contributed by atoms with E-state index in [0.29, 0.717) is 0 Å². The number of nitrogen functional groups attached to an aromatic ring is 1. The number of fused-ring (bicyclic) bond motifs is 1. The monoisotopic (exact) mass is 382 g/mol. The lowest BCUT2D eigenvalue weighted by molar-refractivity contribution is 0.218. The Bertz CT molecular complexity index is 1110. The minimum absolute atomic E-state index is 0.765. The molecule has 146 valence electrons. The van der Waals surface area contributed by atoms with E-state index in [4.69, 9.17) is 10.7 Å². The number of likely N-dealkylation sites (tertiary alicyclic amines) is 1. The summed E-state index contributed by atoms with van der Waals surface area (Å²) in [6, 6.07) is 23.2. The Kier molecular flexibility index (Phi) is 4.78. The molecule has 4 nitrogen and oxygen atoms in total. The predicted octanol–water partition coefficient (Wildman–Crippen LogP) is 5.24. The first-order valence-electron chi connectivity index (χ1n) is 10.4. The summed E-state index contributed by atoms with van der Waals surface area (Å²) >= 11 is 0. The van der Waals surface area contributed by atoms with Crippen molar-refractivity contribution in [3.8, 4) is 22.4 Å². The van der Waals surface area contributed by atoms with Gasteiger partial charge in [0.1, 0.15) is 5.65 Å². The Hall–Kier alpha value is -3.11. The molecule has 4 heteroatoms. The van der Waals surface area contributed by atoms with Crippen LogP contribution in [0.3, 0.4) is 0 Å². The summed E-state index contributed by atoms with van der Waals surface area (Å²) in [5.41, 5.74) is 13.7. The standard InChI is InChI=1S/C25H26N4/c26-22-13-14-24-27-25(23(29(24)17-22)18-28-15-5-2-6-16-28)21-11-9-20(10-12-21)19-7-3-1-4-8-19/h1,3-4,7-14,17H,2,5-6,15-16,18,26H2. The molecule has 1 saturated heterocycles. The van der Waals surface area contributed by atoms with Gasteiger partial charge < -0.3 is 10.1 Å². The lowest BCUT2D eigenvalue weighted by Gasteiger charge is -2.26. The van der Waals surface area contributed by atoms with Crippen molar-refractivity contribution >= 4 is 11.3 Å². The van der Waals surface area contributed by atoms with Gasteiger partial charge in [-0.15, -0.1) is 0 Å². The molecule has 1 aliphatic rings. The Morgan fingerprint density at radius 1 is 0.759 bits per heavy atom. The van der Waals surface area contributed by atoms with E-state index in [0.717, 1.165) is 42.2 Å². The highest BCUT2D eigenvalue weighted by atomic mass is 15.2. The van der Waals surface area contributed by atoms with E-state index in [-0.39, 0.29) is 0 Å². The molecule has 0 saturated carbocycles. The number of aromatic nitrogens is 2. The summed E-state index contributed by atoms with van der Waals surface area (Å²) in [5.74, 6) is 0. The molecule has 1 fully saturated rings. The molecule has 2 N–H and O–H groups in total. The number of anilines is 1. The van der Waals surface area contributed by atoms with E-state index in [1.165, 1.54) is 36.1 Å². The van der Waals surface area contributed by atoms with E-state index in [1.807, 2.05) is 24.4 Å². The van der Waals surface area contributed by atoms with Crippen molar-refractivity contribution in [1.29, 1.82) is 0 Å². The Labute approximate surface area is 171 Å². The summed E-state index contributed by atoms with van der Waals surface area (Å²) in [6.07, 6.45) is 5.90. The first-order valence-corrected chi connectivity index (χ1v) is 10.4. The zero-order valence-electron chi connectivity index (χ0n) is 16.6. The molecule has 0 radical (unpaired) electrons. The lowest BCUT2D eigenvalue weighted by Crippen LogP contribution is -2.29. The molecular formula is C25H26N4. The van der Waals surface area contributed by atoms with Crippen LogP contribution in [-0.4, -0.2) is 27.4 Å². The number of nitrogens with zero attached hydrogens (tertiary/aromatic N) is 3. The number of hydrogen-bond acceptors (Lipinski definition) is 3. The molecule has 5 rings (SSSR count). The molecule has 4 aromatic rings. The molecule has 0 amide bonds. The first kappa shape index (κ1) is 18.0. The van der Waals surface area contributed by atoms with Gasteiger partial charge in [0.15, 0.2) is 0 Å². The number of benzene rings is 2. The van der Waals surface area contributed by atoms with Crippen LogP contribution in [0.1, 0.15) is 25.0 Å². The summed E-state index contributed by atoms with van der Waals surface area (Å²) in [4.78, 5) is 7.51. The molecule has 29 heavy (non-hydrogen) atoms. The number of imidazole rings is 1. The second kappa shape index (κ2) is 7.72. The minimum Gasteiger partial charge on any atom is -0.398 e. The quantitative estimate of drug-likeness (QED) is 0.525. The number of rotatable bonds is 4. The smallest absolute Gasteiger partial charge is 0.137 e. The highest BCUT2D eigenvalue weighted by Gasteiger charge is 2.19. The fraction of sp³-hybridized carbons (Fsp3) is 0.240. The van der Waals surface area contributed by atoms with E-state index < -0.39 is 0 Å². The van der Waals surface area contributed by atoms with Crippen LogP contribution in [0.25, 0.3) is 28.0 Å². The van der Waals surface area contributed by atoms with Crippen LogP contribution in [0.2, 0.25) is 0 Å². The van der Waals surface area contributed by atoms with Gasteiger partial charge in [0.05, 0.1) is 11.4 Å². The molecule has 2 aromatic heterocycles. The molecule has 3 heterocycles. The van der Waals surface area contributed by atoms with Gasteiger partial charge in [-0.25, -0.2) is 4.98 Å². The summed E-state index contributed by atoms with van der Waals surface area (Å²) in [7, 11) is 0. The summed E-state index contributed by atoms with van der Waals surface area (Å²) in [5, 5.41) is 0. The average molecular weight is 383 g/mol. The highest BCUT2D eigenvalue weighted by Crippen LogP contribution is 2.29. The maximum Gasteiger partial charge on any atom is 0.137 e. The van der Waals surface area contributed by atoms with Crippen molar-refractivity contribution < 1.29 is 0 Å². The van der Waals surface area contributed by atoms with Crippen molar-refractivity contribution in [2.24, 2.45) is 0 Å². The van der Waals surface area contributed by atoms with Gasteiger partial charge in [-0.1, -0.05) is 61.0 Å². The maximum atomic E-state index is 6.10. The fourth-order valence-electron chi connectivity index (χ4n) is 4.27. The SMILES string of the molecule is Nc1ccc2nc(-c3ccc(-c4ccccc4)cc3)c(CN3CCCCC3)n2c1. The van der Waals surface area contributed by atoms with Crippen LogP contribution in [0, 0.1) is 0 Å². The average Bonchev–Trinajstić information content (AvgIpc) is 3.13. The van der Waals surface area contributed by atoms with Crippen LogP contribution in [0.4, 0.5) is 5.69 Å². The van der Waals surface area contributed by atoms with Crippen LogP contribution in [-0.2, 0) is 6.54 Å². The highest BCUT2D eigenvalue weighted by molar-refractivity contribution is 5.72. The normalized spacial score (nSPS) is 15.0. The van der Waals surface area contributed by atoms with Gasteiger partial charge in [0, 0.05) is 24.0 Å². The van der Waals surface area contributed by atoms with Crippen molar-refractivity contribution in [2.75, 3.05) is 18.8 Å². The second-order valence-electron chi connectivity index (χ2n) is 7.88. The zero-order valence-corrected chi connectivity index (χ0v) is 16.6. The topological polar surface area (TPSA) is 46.6 Å². The Morgan fingerprint density at radius 2 is 1.45 bits per heavy atom. The number of nitrogens with two attached hydrogens (primary N) is 1. The molecule has 1 aliphatic heterocycles.